The summed E-state index contributed by atoms with van der Waals surface area (Å²) in [4.78, 5) is 0. The summed E-state index contributed by atoms with van der Waals surface area (Å²) in [5, 5.41) is 6.79. The van der Waals surface area contributed by atoms with Crippen molar-refractivity contribution >= 4 is 0 Å². The molecule has 76 valence electrons. The summed E-state index contributed by atoms with van der Waals surface area (Å²) >= 11 is 0. The number of nitrogens with one attached hydrogen (secondary N) is 2. The number of hydrogen-bond acceptors (Lipinski definition) is 3. The molecule has 0 spiro atoms. The number of hydrogen-bond donors (Lipinski definition) is 2. The van der Waals surface area contributed by atoms with Crippen molar-refractivity contribution in [2.45, 2.75) is 37.8 Å². The molecule has 0 bridgehead atoms. The Morgan fingerprint density at radius 2 is 1.92 bits per heavy atom. The van der Waals surface area contributed by atoms with Crippen molar-refractivity contribution in [1.29, 1.82) is 0 Å². The lowest BCUT2D eigenvalue weighted by atomic mass is 10.1. The molecule has 2 rings (SSSR count). The predicted octanol–water partition coefficient (Wildman–Crippen LogP) is 0.507. The van der Waals surface area contributed by atoms with Crippen LogP contribution in [0, 0.1) is 0 Å². The van der Waals surface area contributed by atoms with Crippen LogP contribution in [0.4, 0.5) is 0 Å². The molecular weight excluding hydrogens is 164 g/mol. The highest BCUT2D eigenvalue weighted by Crippen LogP contribution is 2.18. The molecule has 1 saturated heterocycles. The molecule has 1 aliphatic carbocycles. The Labute approximate surface area is 80.2 Å². The van der Waals surface area contributed by atoms with E-state index in [-0.39, 0.29) is 0 Å². The minimum absolute atomic E-state index is 0.516. The van der Waals surface area contributed by atoms with Gasteiger partial charge in [0.2, 0.25) is 0 Å². The molecule has 0 aromatic carbocycles. The zero-order valence-electron chi connectivity index (χ0n) is 8.22. The van der Waals surface area contributed by atoms with Gasteiger partial charge in [0.05, 0.1) is 12.7 Å². The lowest BCUT2D eigenvalue weighted by Crippen LogP contribution is -2.34. The molecule has 0 aromatic rings. The first kappa shape index (κ1) is 9.44. The second-order valence-electron chi connectivity index (χ2n) is 4.05. The maximum atomic E-state index is 5.76. The van der Waals surface area contributed by atoms with Crippen molar-refractivity contribution < 1.29 is 4.74 Å². The topological polar surface area (TPSA) is 33.3 Å². The van der Waals surface area contributed by atoms with Crippen molar-refractivity contribution in [3.8, 4) is 0 Å². The minimum Gasteiger partial charge on any atom is -0.377 e. The first-order chi connectivity index (χ1) is 6.45. The molecule has 0 atom stereocenters. The van der Waals surface area contributed by atoms with Crippen LogP contribution in [-0.2, 0) is 4.74 Å². The number of piperidine rings is 1. The predicted molar refractivity (Wildman–Crippen MR) is 52.9 cm³/mol. The lowest BCUT2D eigenvalue weighted by Gasteiger charge is -2.22. The van der Waals surface area contributed by atoms with E-state index >= 15 is 0 Å². The summed E-state index contributed by atoms with van der Waals surface area (Å²) < 4.78 is 5.76. The van der Waals surface area contributed by atoms with E-state index in [1.165, 1.54) is 25.7 Å². The quantitative estimate of drug-likeness (QED) is 0.611. The summed E-state index contributed by atoms with van der Waals surface area (Å²) in [5.41, 5.74) is 0. The van der Waals surface area contributed by atoms with Crippen LogP contribution >= 0.6 is 0 Å². The Bertz CT molecular complexity index is 142. The zero-order valence-corrected chi connectivity index (χ0v) is 8.22. The van der Waals surface area contributed by atoms with Crippen LogP contribution in [0.5, 0.6) is 0 Å². The molecule has 3 nitrogen and oxygen atoms in total. The minimum atomic E-state index is 0.516. The van der Waals surface area contributed by atoms with E-state index in [2.05, 4.69) is 10.6 Å². The Morgan fingerprint density at radius 1 is 1.15 bits per heavy atom. The normalized spacial score (nSPS) is 24.9. The van der Waals surface area contributed by atoms with E-state index in [0.717, 1.165) is 32.3 Å². The van der Waals surface area contributed by atoms with Gasteiger partial charge in [-0.05, 0) is 38.8 Å². The van der Waals surface area contributed by atoms with Gasteiger partial charge in [0, 0.05) is 12.6 Å². The maximum Gasteiger partial charge on any atom is 0.0600 e. The molecule has 2 N–H and O–H groups in total. The van der Waals surface area contributed by atoms with Gasteiger partial charge >= 0.3 is 0 Å². The van der Waals surface area contributed by atoms with Crippen LogP contribution in [0.2, 0.25) is 0 Å². The fourth-order valence-corrected chi connectivity index (χ4v) is 1.74. The first-order valence-corrected chi connectivity index (χ1v) is 5.51. The van der Waals surface area contributed by atoms with Crippen molar-refractivity contribution in [2.24, 2.45) is 0 Å². The number of rotatable bonds is 5. The molecule has 0 aromatic heterocycles. The van der Waals surface area contributed by atoms with E-state index in [9.17, 15) is 0 Å². The largest absolute Gasteiger partial charge is 0.377 e. The van der Waals surface area contributed by atoms with Crippen LogP contribution in [0.3, 0.4) is 0 Å². The summed E-state index contributed by atoms with van der Waals surface area (Å²) in [6, 6.07) is 0.816. The highest BCUT2D eigenvalue weighted by molar-refractivity contribution is 4.80. The van der Waals surface area contributed by atoms with Gasteiger partial charge in [-0.1, -0.05) is 0 Å². The molecule has 3 heteroatoms. The van der Waals surface area contributed by atoms with Crippen LogP contribution < -0.4 is 10.6 Å². The number of ether oxygens (including phenoxy) is 1. The first-order valence-electron chi connectivity index (χ1n) is 5.51. The van der Waals surface area contributed by atoms with Gasteiger partial charge in [0.25, 0.3) is 0 Å². The Morgan fingerprint density at radius 3 is 2.62 bits per heavy atom. The van der Waals surface area contributed by atoms with Crippen LogP contribution in [0.25, 0.3) is 0 Å². The summed E-state index contributed by atoms with van der Waals surface area (Å²) in [6.07, 6.45) is 5.62. The molecule has 1 heterocycles. The Hall–Kier alpha value is -0.120. The highest BCUT2D eigenvalue weighted by Gasteiger charge is 2.20. The summed E-state index contributed by atoms with van der Waals surface area (Å²) in [7, 11) is 0. The molecule has 0 radical (unpaired) electrons. The van der Waals surface area contributed by atoms with Crippen molar-refractivity contribution in [2.75, 3.05) is 26.2 Å². The molecule has 13 heavy (non-hydrogen) atoms. The lowest BCUT2D eigenvalue weighted by molar-refractivity contribution is 0.0347. The summed E-state index contributed by atoms with van der Waals surface area (Å²) in [5.74, 6) is 0. The molecule has 1 saturated carbocycles. The average Bonchev–Trinajstić information content (AvgIpc) is 2.98. The third-order valence-electron chi connectivity index (χ3n) is 2.75. The van der Waals surface area contributed by atoms with Gasteiger partial charge in [-0.2, -0.15) is 0 Å². The highest BCUT2D eigenvalue weighted by atomic mass is 16.5. The molecule has 1 aliphatic heterocycles. The van der Waals surface area contributed by atoms with E-state index in [1.807, 2.05) is 0 Å². The van der Waals surface area contributed by atoms with Gasteiger partial charge in [-0.25, -0.2) is 0 Å². The Balaban J connectivity index is 1.46. The third-order valence-corrected chi connectivity index (χ3v) is 2.75. The van der Waals surface area contributed by atoms with Gasteiger partial charge in [-0.15, -0.1) is 0 Å². The fraction of sp³-hybridized carbons (Fsp3) is 1.00. The van der Waals surface area contributed by atoms with E-state index in [0.29, 0.717) is 6.10 Å². The third kappa shape index (κ3) is 3.63. The standard InChI is InChI=1S/C10H20N2O/c1-2-9(1)12-7-8-13-10-3-5-11-6-4-10/h9-12H,1-8H2. The molecule has 2 fully saturated rings. The monoisotopic (exact) mass is 184 g/mol. The van der Waals surface area contributed by atoms with Crippen LogP contribution in [0.1, 0.15) is 25.7 Å². The average molecular weight is 184 g/mol. The van der Waals surface area contributed by atoms with Crippen molar-refractivity contribution in [3.63, 3.8) is 0 Å². The SMILES string of the molecule is C1CC(OCCNC2CC2)CCN1. The van der Waals surface area contributed by atoms with Gasteiger partial charge in [0.1, 0.15) is 0 Å². The summed E-state index contributed by atoms with van der Waals surface area (Å²) in [6.45, 7) is 4.18. The molecule has 0 unspecified atom stereocenters. The van der Waals surface area contributed by atoms with Gasteiger partial charge in [0.15, 0.2) is 0 Å². The second-order valence-corrected chi connectivity index (χ2v) is 4.05. The molecule has 2 aliphatic rings. The van der Waals surface area contributed by atoms with E-state index in [4.69, 9.17) is 4.74 Å². The van der Waals surface area contributed by atoms with Gasteiger partial charge in [-0.3, -0.25) is 0 Å². The van der Waals surface area contributed by atoms with Crippen LogP contribution in [0.15, 0.2) is 0 Å². The maximum absolute atomic E-state index is 5.76. The Kier molecular flexibility index (Phi) is 3.58. The smallest absolute Gasteiger partial charge is 0.0600 e. The second kappa shape index (κ2) is 4.94. The van der Waals surface area contributed by atoms with Gasteiger partial charge < -0.3 is 15.4 Å². The molecular formula is C10H20N2O. The van der Waals surface area contributed by atoms with Crippen molar-refractivity contribution in [3.05, 3.63) is 0 Å². The van der Waals surface area contributed by atoms with Crippen molar-refractivity contribution in [1.82, 2.24) is 10.6 Å². The van der Waals surface area contributed by atoms with E-state index in [1.54, 1.807) is 0 Å². The fourth-order valence-electron chi connectivity index (χ4n) is 1.74. The molecule has 0 amide bonds. The zero-order chi connectivity index (χ0) is 8.93. The van der Waals surface area contributed by atoms with Crippen LogP contribution in [-0.4, -0.2) is 38.4 Å². The van der Waals surface area contributed by atoms with E-state index < -0.39 is 0 Å².